The third-order valence-corrected chi connectivity index (χ3v) is 3.82. The van der Waals surface area contributed by atoms with Crippen LogP contribution in [0.1, 0.15) is 25.3 Å². The molecule has 1 aliphatic rings. The molecule has 1 aromatic carbocycles. The minimum Gasteiger partial charge on any atom is -0.342 e. The van der Waals surface area contributed by atoms with Crippen molar-refractivity contribution in [3.05, 3.63) is 48.6 Å². The first-order chi connectivity index (χ1) is 10.2. The van der Waals surface area contributed by atoms with Crippen LogP contribution in [0.3, 0.4) is 0 Å². The molecule has 2 amide bonds. The summed E-state index contributed by atoms with van der Waals surface area (Å²) in [6.45, 7) is 6.17. The number of benzene rings is 1. The Morgan fingerprint density at radius 2 is 2.00 bits per heavy atom. The summed E-state index contributed by atoms with van der Waals surface area (Å²) in [4.78, 5) is 26.5. The van der Waals surface area contributed by atoms with E-state index in [1.807, 2.05) is 37.3 Å². The highest BCUT2D eigenvalue weighted by atomic mass is 16.2. The normalized spacial score (nSPS) is 22.0. The molecular weight excluding hydrogens is 264 g/mol. The van der Waals surface area contributed by atoms with Crippen LogP contribution in [-0.4, -0.2) is 35.3 Å². The predicted octanol–water partition coefficient (Wildman–Crippen LogP) is 1.91. The molecule has 0 bridgehead atoms. The maximum absolute atomic E-state index is 12.6. The molecule has 0 spiro atoms. The third kappa shape index (κ3) is 3.51. The number of nitrogens with zero attached hydrogens (tertiary/aromatic N) is 1. The van der Waals surface area contributed by atoms with Crippen molar-refractivity contribution in [1.82, 2.24) is 10.2 Å². The molecule has 1 N–H and O–H groups in total. The van der Waals surface area contributed by atoms with Crippen molar-refractivity contribution in [3.8, 4) is 0 Å². The van der Waals surface area contributed by atoms with Crippen LogP contribution < -0.4 is 5.32 Å². The fourth-order valence-electron chi connectivity index (χ4n) is 2.72. The van der Waals surface area contributed by atoms with E-state index in [2.05, 4.69) is 11.9 Å². The maximum Gasteiger partial charge on any atom is 0.246 e. The Hall–Kier alpha value is -2.10. The van der Waals surface area contributed by atoms with E-state index in [1.165, 1.54) is 0 Å². The van der Waals surface area contributed by atoms with Crippen LogP contribution in [0.2, 0.25) is 0 Å². The summed E-state index contributed by atoms with van der Waals surface area (Å²) in [7, 11) is 0. The summed E-state index contributed by atoms with van der Waals surface area (Å²) in [5.74, 6) is -0.0470. The van der Waals surface area contributed by atoms with Crippen LogP contribution in [0.4, 0.5) is 0 Å². The van der Waals surface area contributed by atoms with Crippen molar-refractivity contribution in [1.29, 1.82) is 0 Å². The number of piperazine rings is 1. The highest BCUT2D eigenvalue weighted by Crippen LogP contribution is 2.16. The largest absolute Gasteiger partial charge is 0.342 e. The first-order valence-electron chi connectivity index (χ1n) is 7.43. The second-order valence-corrected chi connectivity index (χ2v) is 5.28. The van der Waals surface area contributed by atoms with Crippen LogP contribution in [0.5, 0.6) is 0 Å². The summed E-state index contributed by atoms with van der Waals surface area (Å²) < 4.78 is 0. The summed E-state index contributed by atoms with van der Waals surface area (Å²) in [6, 6.07) is 8.94. The maximum atomic E-state index is 12.6. The number of hydrogen-bond donors (Lipinski definition) is 1. The molecular formula is C17H22N2O2. The van der Waals surface area contributed by atoms with E-state index in [-0.39, 0.29) is 17.9 Å². The highest BCUT2D eigenvalue weighted by Gasteiger charge is 2.38. The van der Waals surface area contributed by atoms with E-state index in [9.17, 15) is 9.59 Å². The van der Waals surface area contributed by atoms with Gasteiger partial charge in [-0.1, -0.05) is 43.3 Å². The predicted molar refractivity (Wildman–Crippen MR) is 82.7 cm³/mol. The first kappa shape index (κ1) is 15.3. The van der Waals surface area contributed by atoms with Gasteiger partial charge in [0.25, 0.3) is 0 Å². The standard InChI is InChI=1S/C17H22N2O2/c1-3-5-11-19-15(4-2)16(20)18-14(17(19)21)12-13-9-7-6-8-10-13/h3,6-10,14-15H,1,4-5,11-12H2,2H3,(H,18,20). The van der Waals surface area contributed by atoms with E-state index in [4.69, 9.17) is 0 Å². The van der Waals surface area contributed by atoms with Crippen LogP contribution in [0.15, 0.2) is 43.0 Å². The van der Waals surface area contributed by atoms with Crippen LogP contribution in [0, 0.1) is 0 Å². The van der Waals surface area contributed by atoms with Gasteiger partial charge in [-0.15, -0.1) is 6.58 Å². The molecule has 1 heterocycles. The molecule has 1 aromatic rings. The number of carbonyl (C=O) groups is 2. The molecule has 1 fully saturated rings. The summed E-state index contributed by atoms with van der Waals surface area (Å²) in [5, 5.41) is 2.87. The Morgan fingerprint density at radius 3 is 2.62 bits per heavy atom. The smallest absolute Gasteiger partial charge is 0.246 e. The van der Waals surface area contributed by atoms with Crippen LogP contribution >= 0.6 is 0 Å². The van der Waals surface area contributed by atoms with E-state index in [0.717, 1.165) is 5.56 Å². The zero-order valence-corrected chi connectivity index (χ0v) is 12.4. The highest BCUT2D eigenvalue weighted by molar-refractivity contribution is 5.97. The van der Waals surface area contributed by atoms with Crippen molar-refractivity contribution < 1.29 is 9.59 Å². The molecule has 2 unspecified atom stereocenters. The second kappa shape index (κ2) is 7.07. The molecule has 112 valence electrons. The molecule has 0 aliphatic carbocycles. The number of hydrogen-bond acceptors (Lipinski definition) is 2. The molecule has 1 aliphatic heterocycles. The van der Waals surface area contributed by atoms with E-state index < -0.39 is 6.04 Å². The fraction of sp³-hybridized carbons (Fsp3) is 0.412. The second-order valence-electron chi connectivity index (χ2n) is 5.28. The third-order valence-electron chi connectivity index (χ3n) is 3.82. The molecule has 0 saturated carbocycles. The van der Waals surface area contributed by atoms with Gasteiger partial charge in [-0.3, -0.25) is 9.59 Å². The lowest BCUT2D eigenvalue weighted by molar-refractivity contribution is -0.149. The van der Waals surface area contributed by atoms with Gasteiger partial charge >= 0.3 is 0 Å². The average molecular weight is 286 g/mol. The SMILES string of the molecule is C=CCCN1C(=O)C(Cc2ccccc2)NC(=O)C1CC. The fourth-order valence-corrected chi connectivity index (χ4v) is 2.72. The van der Waals surface area contributed by atoms with Crippen molar-refractivity contribution in [3.63, 3.8) is 0 Å². The Kier molecular flexibility index (Phi) is 5.14. The lowest BCUT2D eigenvalue weighted by atomic mass is 9.99. The number of rotatable bonds is 6. The van der Waals surface area contributed by atoms with Crippen molar-refractivity contribution in [2.24, 2.45) is 0 Å². The Labute approximate surface area is 125 Å². The van der Waals surface area contributed by atoms with E-state index >= 15 is 0 Å². The Bertz CT molecular complexity index is 513. The van der Waals surface area contributed by atoms with Gasteiger partial charge in [0, 0.05) is 13.0 Å². The molecule has 2 atom stereocenters. The molecule has 2 rings (SSSR count). The quantitative estimate of drug-likeness (QED) is 0.812. The average Bonchev–Trinajstić information content (AvgIpc) is 2.50. The monoisotopic (exact) mass is 286 g/mol. The topological polar surface area (TPSA) is 49.4 Å². The lowest BCUT2D eigenvalue weighted by Gasteiger charge is -2.38. The minimum atomic E-state index is -0.465. The zero-order valence-electron chi connectivity index (χ0n) is 12.4. The van der Waals surface area contributed by atoms with Gasteiger partial charge in [0.05, 0.1) is 0 Å². The number of amides is 2. The number of carbonyl (C=O) groups excluding carboxylic acids is 2. The van der Waals surface area contributed by atoms with E-state index in [0.29, 0.717) is 25.8 Å². The Balaban J connectivity index is 2.14. The molecule has 4 heteroatoms. The summed E-state index contributed by atoms with van der Waals surface area (Å²) in [6.07, 6.45) is 3.64. The lowest BCUT2D eigenvalue weighted by Crippen LogP contribution is -2.63. The summed E-state index contributed by atoms with van der Waals surface area (Å²) >= 11 is 0. The molecule has 0 aromatic heterocycles. The van der Waals surface area contributed by atoms with Gasteiger partial charge in [-0.25, -0.2) is 0 Å². The van der Waals surface area contributed by atoms with Gasteiger partial charge in [0.15, 0.2) is 0 Å². The minimum absolute atomic E-state index is 0.00662. The van der Waals surface area contributed by atoms with Gasteiger partial charge in [0.1, 0.15) is 12.1 Å². The first-order valence-corrected chi connectivity index (χ1v) is 7.43. The van der Waals surface area contributed by atoms with Gasteiger partial charge in [-0.05, 0) is 18.4 Å². The van der Waals surface area contributed by atoms with Gasteiger partial charge in [0.2, 0.25) is 11.8 Å². The van der Waals surface area contributed by atoms with Crippen molar-refractivity contribution in [2.45, 2.75) is 38.3 Å². The van der Waals surface area contributed by atoms with Gasteiger partial charge < -0.3 is 10.2 Å². The van der Waals surface area contributed by atoms with Gasteiger partial charge in [-0.2, -0.15) is 0 Å². The molecule has 1 saturated heterocycles. The number of nitrogens with one attached hydrogen (secondary N) is 1. The zero-order chi connectivity index (χ0) is 15.2. The van der Waals surface area contributed by atoms with E-state index in [1.54, 1.807) is 11.0 Å². The van der Waals surface area contributed by atoms with Crippen molar-refractivity contribution >= 4 is 11.8 Å². The molecule has 0 radical (unpaired) electrons. The van der Waals surface area contributed by atoms with Crippen LogP contribution in [0.25, 0.3) is 0 Å². The van der Waals surface area contributed by atoms with Crippen molar-refractivity contribution in [2.75, 3.05) is 6.54 Å². The summed E-state index contributed by atoms with van der Waals surface area (Å²) in [5.41, 5.74) is 1.05. The molecule has 4 nitrogen and oxygen atoms in total. The Morgan fingerprint density at radius 1 is 1.29 bits per heavy atom. The van der Waals surface area contributed by atoms with Crippen LogP contribution in [-0.2, 0) is 16.0 Å². The molecule has 21 heavy (non-hydrogen) atoms.